The van der Waals surface area contributed by atoms with E-state index in [2.05, 4.69) is 171 Å². The van der Waals surface area contributed by atoms with Gasteiger partial charge in [-0.15, -0.1) is 69.1 Å². The Kier molecular flexibility index (Phi) is 16.1. The van der Waals surface area contributed by atoms with E-state index in [0.29, 0.717) is 5.92 Å². The van der Waals surface area contributed by atoms with Crippen LogP contribution in [0.25, 0.3) is 43.8 Å². The van der Waals surface area contributed by atoms with Gasteiger partial charge < -0.3 is 0 Å². The van der Waals surface area contributed by atoms with Crippen molar-refractivity contribution in [1.29, 1.82) is 0 Å². The molecule has 0 spiro atoms. The van der Waals surface area contributed by atoms with Gasteiger partial charge in [-0.2, -0.15) is 12.1 Å². The molecule has 0 atom stereocenters. The van der Waals surface area contributed by atoms with Gasteiger partial charge in [-0.25, -0.2) is 0 Å². The number of fused-ring (bicyclic) bond motifs is 2. The maximum atomic E-state index is 4.93. The van der Waals surface area contributed by atoms with Gasteiger partial charge in [0, 0.05) is 9.52 Å². The molecule has 0 aliphatic heterocycles. The molecule has 1 fully saturated rings. The molecule has 0 heterocycles. The Morgan fingerprint density at radius 2 is 1.18 bits per heavy atom. The van der Waals surface area contributed by atoms with Crippen LogP contribution in [0, 0.1) is 12.8 Å². The first-order valence-corrected chi connectivity index (χ1v) is 26.8. The third kappa shape index (κ3) is 11.4. The van der Waals surface area contributed by atoms with Crippen molar-refractivity contribution in [1.82, 2.24) is 0 Å². The fraction of sp³-hybridized carbons (Fsp3) is 0.362. The monoisotopic (exact) mass is 808 g/mol. The van der Waals surface area contributed by atoms with E-state index in [-0.39, 0.29) is 5.41 Å². The van der Waals surface area contributed by atoms with Gasteiger partial charge in [-0.3, -0.25) is 0 Å². The maximum absolute atomic E-state index is 4.93. The minimum atomic E-state index is -0.826. The second-order valence-corrected chi connectivity index (χ2v) is 20.3. The van der Waals surface area contributed by atoms with Crippen molar-refractivity contribution < 1.29 is 20.8 Å². The summed E-state index contributed by atoms with van der Waals surface area (Å²) in [6.07, 6.45) is 5.48. The molecule has 0 unspecified atom stereocenters. The minimum absolute atomic E-state index is 0.210. The third-order valence-electron chi connectivity index (χ3n) is 10.1. The summed E-state index contributed by atoms with van der Waals surface area (Å²) >= 11 is -0.826. The number of rotatable bonds is 4. The molecule has 6 aromatic rings. The molecule has 0 nitrogen and oxygen atoms in total. The van der Waals surface area contributed by atoms with E-state index in [9.17, 15) is 0 Å². The summed E-state index contributed by atoms with van der Waals surface area (Å²) in [4.78, 5) is 0. The van der Waals surface area contributed by atoms with E-state index < -0.39 is 20.8 Å². The summed E-state index contributed by atoms with van der Waals surface area (Å²) in [5.74, 6) is 2.26. The van der Waals surface area contributed by atoms with Gasteiger partial charge in [0.1, 0.15) is 0 Å². The first kappa shape index (κ1) is 41.5. The first-order chi connectivity index (χ1) is 24.4. The average molecular weight is 811 g/mol. The van der Waals surface area contributed by atoms with Crippen LogP contribution in [0.5, 0.6) is 0 Å². The number of hydrogen-bond donors (Lipinski definition) is 0. The fourth-order valence-electron chi connectivity index (χ4n) is 7.17. The normalized spacial score (nSPS) is 15.6. The number of hydrogen-bond acceptors (Lipinski definition) is 0. The van der Waals surface area contributed by atoms with Crippen LogP contribution in [0.3, 0.4) is 0 Å². The van der Waals surface area contributed by atoms with Crippen LogP contribution >= 0.6 is 17.0 Å². The van der Waals surface area contributed by atoms with Gasteiger partial charge in [0.25, 0.3) is 0 Å². The molecule has 0 saturated heterocycles. The van der Waals surface area contributed by atoms with Crippen molar-refractivity contribution >= 4 is 48.1 Å². The van der Waals surface area contributed by atoms with Crippen molar-refractivity contribution in [3.63, 3.8) is 0 Å². The molecule has 266 valence electrons. The molecule has 7 rings (SSSR count). The van der Waals surface area contributed by atoms with E-state index in [0.717, 1.165) is 21.4 Å². The Morgan fingerprint density at radius 1 is 0.706 bits per heavy atom. The van der Waals surface area contributed by atoms with Crippen LogP contribution in [-0.4, -0.2) is 9.52 Å². The summed E-state index contributed by atoms with van der Waals surface area (Å²) < 4.78 is 0. The molecular formula is C47H56Cl2SiZr. The summed E-state index contributed by atoms with van der Waals surface area (Å²) in [6.45, 7) is 20.1. The molecule has 51 heavy (non-hydrogen) atoms. The van der Waals surface area contributed by atoms with E-state index in [1.807, 2.05) is 0 Å². The van der Waals surface area contributed by atoms with Crippen LogP contribution in [0.15, 0.2) is 109 Å². The quantitative estimate of drug-likeness (QED) is 0.123. The topological polar surface area (TPSA) is 0 Å². The van der Waals surface area contributed by atoms with Gasteiger partial charge >= 0.3 is 37.9 Å². The molecule has 0 aromatic heterocycles. The molecule has 6 aromatic carbocycles. The zero-order valence-electron chi connectivity index (χ0n) is 32.2. The Morgan fingerprint density at radius 3 is 1.67 bits per heavy atom. The van der Waals surface area contributed by atoms with Gasteiger partial charge in [0.15, 0.2) is 0 Å². The molecule has 0 amide bonds. The van der Waals surface area contributed by atoms with Crippen LogP contribution < -0.4 is 0 Å². The molecule has 0 N–H and O–H groups in total. The van der Waals surface area contributed by atoms with Gasteiger partial charge in [0.05, 0.1) is 0 Å². The zero-order valence-corrected chi connectivity index (χ0v) is 37.2. The second kappa shape index (κ2) is 19.7. The Hall–Kier alpha value is -2.22. The van der Waals surface area contributed by atoms with Crippen LogP contribution in [-0.2, 0) is 26.3 Å². The summed E-state index contributed by atoms with van der Waals surface area (Å²) in [5, 5.41) is 5.51. The molecule has 4 heteroatoms. The first-order valence-electron chi connectivity index (χ1n) is 18.5. The Balaban J connectivity index is 0.000000202. The van der Waals surface area contributed by atoms with E-state index in [4.69, 9.17) is 17.0 Å². The Labute approximate surface area is 330 Å². The summed E-state index contributed by atoms with van der Waals surface area (Å²) in [5.41, 5.74) is 11.2. The average Bonchev–Trinajstić information content (AvgIpc) is 3.72. The Bertz CT molecular complexity index is 1910. The van der Waals surface area contributed by atoms with E-state index >= 15 is 0 Å². The van der Waals surface area contributed by atoms with Crippen molar-refractivity contribution in [2.45, 2.75) is 104 Å². The number of aryl methyl sites for hydroxylation is 1. The van der Waals surface area contributed by atoms with Gasteiger partial charge in [-0.1, -0.05) is 146 Å². The SMILES string of the molecule is CC1CCC(c2cc3c(-c4ccc(C(C)C)cc4)cccc3[cH-]2)CC1.C[Si]C.Cc1cc2c(-c3ccc(C(C)(C)C)cc3)cccc2[cH-]1.[Cl][Zr+2][Cl]. The van der Waals surface area contributed by atoms with Crippen molar-refractivity contribution in [3.05, 3.63) is 131 Å². The number of benzene rings is 4. The third-order valence-corrected chi connectivity index (χ3v) is 10.1. The molecule has 1 aliphatic carbocycles. The molecule has 1 aliphatic rings. The second-order valence-electron chi connectivity index (χ2n) is 15.6. The predicted octanol–water partition coefficient (Wildman–Crippen LogP) is 15.6. The van der Waals surface area contributed by atoms with Crippen molar-refractivity contribution in [2.75, 3.05) is 0 Å². The van der Waals surface area contributed by atoms with Crippen LogP contribution in [0.1, 0.15) is 101 Å². The molecule has 1 saturated carbocycles. The van der Waals surface area contributed by atoms with Gasteiger partial charge in [0.2, 0.25) is 0 Å². The zero-order chi connectivity index (χ0) is 37.1. The van der Waals surface area contributed by atoms with Crippen molar-refractivity contribution in [2.24, 2.45) is 5.92 Å². The molecular weight excluding hydrogens is 755 g/mol. The molecule has 2 radical (unpaired) electrons. The molecule has 0 bridgehead atoms. The van der Waals surface area contributed by atoms with Crippen LogP contribution in [0.4, 0.5) is 0 Å². The van der Waals surface area contributed by atoms with Gasteiger partial charge in [-0.05, 0) is 58.3 Å². The standard InChI is InChI=1S/C25H29.C20H21.C2H6Si.2ClH.Zr/c1-17(2)19-11-13-21(14-12-19)24-6-4-5-22-15-23(16-25(22)24)20-9-7-18(3)8-10-20;1-14-12-16-6-5-7-18(19(16)13-14)15-8-10-17(11-9-15)20(2,3)4;1-3-2;;;/h4-6,11-18,20H,7-10H2,1-3H3;5-13H,1-4H3;1-2H3;2*1H;/q2*-1;;;;+4/p-2. The van der Waals surface area contributed by atoms with Crippen molar-refractivity contribution in [3.8, 4) is 22.3 Å². The predicted molar refractivity (Wildman–Crippen MR) is 227 cm³/mol. The summed E-state index contributed by atoms with van der Waals surface area (Å²) in [7, 11) is 11.0. The van der Waals surface area contributed by atoms with Crippen LogP contribution in [0.2, 0.25) is 13.1 Å². The van der Waals surface area contributed by atoms with E-state index in [1.54, 1.807) is 5.56 Å². The number of halogens is 2. The van der Waals surface area contributed by atoms with E-state index in [1.165, 1.54) is 86.2 Å². The summed E-state index contributed by atoms with van der Waals surface area (Å²) in [6, 6.07) is 40.9. The fourth-order valence-corrected chi connectivity index (χ4v) is 7.17.